The summed E-state index contributed by atoms with van der Waals surface area (Å²) in [7, 11) is 0. The Morgan fingerprint density at radius 3 is 2.88 bits per heavy atom. The van der Waals surface area contributed by atoms with E-state index in [4.69, 9.17) is 5.73 Å². The van der Waals surface area contributed by atoms with Crippen molar-refractivity contribution >= 4 is 11.4 Å². The molecule has 3 heteroatoms. The smallest absolute Gasteiger partial charge is 0.0361 e. The van der Waals surface area contributed by atoms with E-state index in [2.05, 4.69) is 23.2 Å². The van der Waals surface area contributed by atoms with Crippen molar-refractivity contribution in [2.75, 3.05) is 30.7 Å². The van der Waals surface area contributed by atoms with Crippen LogP contribution in [0.15, 0.2) is 24.3 Å². The van der Waals surface area contributed by atoms with Gasteiger partial charge in [-0.25, -0.2) is 0 Å². The molecule has 0 bridgehead atoms. The van der Waals surface area contributed by atoms with E-state index in [0.29, 0.717) is 0 Å². The zero-order valence-corrected chi connectivity index (χ0v) is 9.95. The quantitative estimate of drug-likeness (QED) is 0.720. The number of rotatable bonds is 6. The molecule has 3 nitrogen and oxygen atoms in total. The fourth-order valence-electron chi connectivity index (χ4n) is 2.03. The third-order valence-electron chi connectivity index (χ3n) is 3.08. The summed E-state index contributed by atoms with van der Waals surface area (Å²) in [6.07, 6.45) is 2.76. The van der Waals surface area contributed by atoms with E-state index in [1.54, 1.807) is 0 Å². The molecule has 88 valence electrons. The first-order chi connectivity index (χ1) is 7.79. The summed E-state index contributed by atoms with van der Waals surface area (Å²) < 4.78 is 0. The van der Waals surface area contributed by atoms with Crippen LogP contribution in [-0.4, -0.2) is 30.6 Å². The SMILES string of the molecule is CCN(CCNc1cccc(N)c1)C1CC1. The first-order valence-electron chi connectivity index (χ1n) is 6.13. The molecule has 0 aliphatic heterocycles. The summed E-state index contributed by atoms with van der Waals surface area (Å²) in [5.41, 5.74) is 7.66. The van der Waals surface area contributed by atoms with Crippen LogP contribution >= 0.6 is 0 Å². The fraction of sp³-hybridized carbons (Fsp3) is 0.538. The summed E-state index contributed by atoms with van der Waals surface area (Å²) in [6.45, 7) is 5.51. The van der Waals surface area contributed by atoms with Gasteiger partial charge in [0.05, 0.1) is 0 Å². The average Bonchev–Trinajstić information content (AvgIpc) is 3.08. The molecule has 1 saturated carbocycles. The lowest BCUT2D eigenvalue weighted by Gasteiger charge is -2.20. The number of nitrogens with two attached hydrogens (primary N) is 1. The maximum atomic E-state index is 5.72. The highest BCUT2D eigenvalue weighted by Crippen LogP contribution is 2.26. The molecule has 2 rings (SSSR count). The van der Waals surface area contributed by atoms with Crippen molar-refractivity contribution in [2.45, 2.75) is 25.8 Å². The molecule has 0 spiro atoms. The summed E-state index contributed by atoms with van der Waals surface area (Å²) >= 11 is 0. The highest BCUT2D eigenvalue weighted by atomic mass is 15.2. The highest BCUT2D eigenvalue weighted by molar-refractivity contribution is 5.53. The third kappa shape index (κ3) is 3.14. The van der Waals surface area contributed by atoms with Gasteiger partial charge in [-0.05, 0) is 37.6 Å². The van der Waals surface area contributed by atoms with Crippen LogP contribution < -0.4 is 11.1 Å². The molecule has 3 N–H and O–H groups in total. The average molecular weight is 219 g/mol. The Bertz CT molecular complexity index is 334. The van der Waals surface area contributed by atoms with Crippen molar-refractivity contribution in [1.82, 2.24) is 4.90 Å². The summed E-state index contributed by atoms with van der Waals surface area (Å²) in [5, 5.41) is 3.41. The lowest BCUT2D eigenvalue weighted by Crippen LogP contribution is -2.30. The van der Waals surface area contributed by atoms with Crippen molar-refractivity contribution in [3.05, 3.63) is 24.3 Å². The molecular weight excluding hydrogens is 198 g/mol. The molecule has 0 atom stereocenters. The Hall–Kier alpha value is -1.22. The van der Waals surface area contributed by atoms with E-state index in [9.17, 15) is 0 Å². The third-order valence-corrected chi connectivity index (χ3v) is 3.08. The molecule has 0 radical (unpaired) electrons. The molecular formula is C13H21N3. The monoisotopic (exact) mass is 219 g/mol. The number of anilines is 2. The predicted octanol–water partition coefficient (Wildman–Crippen LogP) is 2.17. The van der Waals surface area contributed by atoms with Crippen LogP contribution in [0, 0.1) is 0 Å². The van der Waals surface area contributed by atoms with E-state index in [0.717, 1.165) is 37.1 Å². The maximum Gasteiger partial charge on any atom is 0.0361 e. The molecule has 1 aliphatic rings. The number of hydrogen-bond acceptors (Lipinski definition) is 3. The molecule has 0 aromatic heterocycles. The van der Waals surface area contributed by atoms with E-state index >= 15 is 0 Å². The highest BCUT2D eigenvalue weighted by Gasteiger charge is 2.26. The van der Waals surface area contributed by atoms with Gasteiger partial charge in [-0.3, -0.25) is 4.90 Å². The van der Waals surface area contributed by atoms with Crippen LogP contribution in [0.3, 0.4) is 0 Å². The fourth-order valence-corrected chi connectivity index (χ4v) is 2.03. The lowest BCUT2D eigenvalue weighted by molar-refractivity contribution is 0.289. The molecule has 16 heavy (non-hydrogen) atoms. The van der Waals surface area contributed by atoms with Crippen molar-refractivity contribution in [1.29, 1.82) is 0 Å². The van der Waals surface area contributed by atoms with Crippen LogP contribution in [0.1, 0.15) is 19.8 Å². The van der Waals surface area contributed by atoms with Crippen molar-refractivity contribution in [3.63, 3.8) is 0 Å². The van der Waals surface area contributed by atoms with Gasteiger partial charge in [-0.15, -0.1) is 0 Å². The van der Waals surface area contributed by atoms with Gasteiger partial charge in [0.2, 0.25) is 0 Å². The minimum atomic E-state index is 0.819. The van der Waals surface area contributed by atoms with Crippen molar-refractivity contribution in [3.8, 4) is 0 Å². The molecule has 1 fully saturated rings. The second kappa shape index (κ2) is 5.21. The van der Waals surface area contributed by atoms with Gasteiger partial charge in [0.25, 0.3) is 0 Å². The second-order valence-corrected chi connectivity index (χ2v) is 4.41. The number of nitrogen functional groups attached to an aromatic ring is 1. The van der Waals surface area contributed by atoms with Gasteiger partial charge in [0, 0.05) is 30.5 Å². The minimum Gasteiger partial charge on any atom is -0.399 e. The normalized spacial score (nSPS) is 15.4. The molecule has 0 unspecified atom stereocenters. The van der Waals surface area contributed by atoms with Crippen LogP contribution in [0.2, 0.25) is 0 Å². The van der Waals surface area contributed by atoms with E-state index < -0.39 is 0 Å². The molecule has 0 saturated heterocycles. The summed E-state index contributed by atoms with van der Waals surface area (Å²) in [6, 6.07) is 8.79. The Morgan fingerprint density at radius 2 is 2.25 bits per heavy atom. The van der Waals surface area contributed by atoms with Crippen LogP contribution in [0.4, 0.5) is 11.4 Å². The van der Waals surface area contributed by atoms with Gasteiger partial charge >= 0.3 is 0 Å². The first-order valence-corrected chi connectivity index (χ1v) is 6.13. The second-order valence-electron chi connectivity index (χ2n) is 4.41. The van der Waals surface area contributed by atoms with Gasteiger partial charge in [0.15, 0.2) is 0 Å². The van der Waals surface area contributed by atoms with Crippen LogP contribution in [-0.2, 0) is 0 Å². The van der Waals surface area contributed by atoms with Gasteiger partial charge in [-0.1, -0.05) is 13.0 Å². The van der Waals surface area contributed by atoms with Crippen LogP contribution in [0.25, 0.3) is 0 Å². The zero-order chi connectivity index (χ0) is 11.4. The molecule has 0 amide bonds. The standard InChI is InChI=1S/C13H21N3/c1-2-16(13-6-7-13)9-8-15-12-5-3-4-11(14)10-12/h3-5,10,13,15H,2,6-9,14H2,1H3. The van der Waals surface area contributed by atoms with Gasteiger partial charge in [0.1, 0.15) is 0 Å². The van der Waals surface area contributed by atoms with Gasteiger partial charge in [-0.2, -0.15) is 0 Å². The molecule has 1 aliphatic carbocycles. The lowest BCUT2D eigenvalue weighted by atomic mass is 10.3. The number of hydrogen-bond donors (Lipinski definition) is 2. The maximum absolute atomic E-state index is 5.72. The van der Waals surface area contributed by atoms with Crippen LogP contribution in [0.5, 0.6) is 0 Å². The summed E-state index contributed by atoms with van der Waals surface area (Å²) in [5.74, 6) is 0. The number of benzene rings is 1. The molecule has 1 aromatic rings. The van der Waals surface area contributed by atoms with Crippen molar-refractivity contribution in [2.24, 2.45) is 0 Å². The Labute approximate surface area is 97.6 Å². The Morgan fingerprint density at radius 1 is 1.44 bits per heavy atom. The summed E-state index contributed by atoms with van der Waals surface area (Å²) in [4.78, 5) is 2.54. The first kappa shape index (κ1) is 11.3. The van der Waals surface area contributed by atoms with E-state index in [1.807, 2.05) is 18.2 Å². The zero-order valence-electron chi connectivity index (χ0n) is 9.95. The van der Waals surface area contributed by atoms with E-state index in [-0.39, 0.29) is 0 Å². The molecule has 1 aromatic carbocycles. The van der Waals surface area contributed by atoms with E-state index in [1.165, 1.54) is 12.8 Å². The number of nitrogens with zero attached hydrogens (tertiary/aromatic N) is 1. The Kier molecular flexibility index (Phi) is 3.67. The van der Waals surface area contributed by atoms with Gasteiger partial charge < -0.3 is 11.1 Å². The predicted molar refractivity (Wildman–Crippen MR) is 69.6 cm³/mol. The number of nitrogens with one attached hydrogen (secondary N) is 1. The molecule has 0 heterocycles. The topological polar surface area (TPSA) is 41.3 Å². The minimum absolute atomic E-state index is 0.819. The largest absolute Gasteiger partial charge is 0.399 e. The van der Waals surface area contributed by atoms with Crippen molar-refractivity contribution < 1.29 is 0 Å². The number of likely N-dealkylation sites (N-methyl/N-ethyl adjacent to an activating group) is 1. The Balaban J connectivity index is 1.74.